The van der Waals surface area contributed by atoms with Crippen molar-refractivity contribution in [1.29, 1.82) is 0 Å². The average Bonchev–Trinajstić information content (AvgIpc) is 2.69. The molecular formula is C21H28N4O2. The summed E-state index contributed by atoms with van der Waals surface area (Å²) >= 11 is 0. The second-order valence-electron chi connectivity index (χ2n) is 7.19. The van der Waals surface area contributed by atoms with Gasteiger partial charge in [0.25, 0.3) is 0 Å². The maximum absolute atomic E-state index is 12.5. The predicted octanol–water partition coefficient (Wildman–Crippen LogP) is 2.94. The van der Waals surface area contributed by atoms with Crippen molar-refractivity contribution >= 4 is 11.7 Å². The summed E-state index contributed by atoms with van der Waals surface area (Å²) in [5, 5.41) is 8.27. The fourth-order valence-corrected chi connectivity index (χ4v) is 3.29. The summed E-state index contributed by atoms with van der Waals surface area (Å²) in [7, 11) is 3.85. The molecule has 1 aromatic heterocycles. The molecule has 144 valence electrons. The molecule has 0 N–H and O–H groups in total. The zero-order valence-electron chi connectivity index (χ0n) is 16.2. The first-order chi connectivity index (χ1) is 13.1. The van der Waals surface area contributed by atoms with Gasteiger partial charge in [0.1, 0.15) is 6.10 Å². The Kier molecular flexibility index (Phi) is 6.63. The highest BCUT2D eigenvalue weighted by molar-refractivity contribution is 5.76. The number of amides is 1. The Morgan fingerprint density at radius 3 is 2.70 bits per heavy atom. The predicted molar refractivity (Wildman–Crippen MR) is 106 cm³/mol. The van der Waals surface area contributed by atoms with Crippen molar-refractivity contribution in [3.63, 3.8) is 0 Å². The number of nitrogens with zero attached hydrogens (tertiary/aromatic N) is 4. The van der Waals surface area contributed by atoms with Gasteiger partial charge in [-0.25, -0.2) is 0 Å². The first-order valence-corrected chi connectivity index (χ1v) is 9.61. The molecule has 1 unspecified atom stereocenters. The fourth-order valence-electron chi connectivity index (χ4n) is 3.29. The maximum atomic E-state index is 12.5. The van der Waals surface area contributed by atoms with Crippen LogP contribution >= 0.6 is 0 Å². The lowest BCUT2D eigenvalue weighted by Crippen LogP contribution is -2.44. The smallest absolute Gasteiger partial charge is 0.233 e. The molecule has 0 saturated carbocycles. The van der Waals surface area contributed by atoms with E-state index >= 15 is 0 Å². The molecule has 1 aliphatic rings. The van der Waals surface area contributed by atoms with E-state index in [2.05, 4.69) is 22.3 Å². The number of carbonyl (C=O) groups excluding carboxylic acids is 1. The highest BCUT2D eigenvalue weighted by Gasteiger charge is 2.25. The highest BCUT2D eigenvalue weighted by Crippen LogP contribution is 2.19. The second-order valence-corrected chi connectivity index (χ2v) is 7.19. The van der Waals surface area contributed by atoms with Gasteiger partial charge in [-0.05, 0) is 37.3 Å². The Morgan fingerprint density at radius 2 is 2.00 bits per heavy atom. The largest absolute Gasteiger partial charge is 0.471 e. The molecular weight excluding hydrogens is 340 g/mol. The Labute approximate surface area is 161 Å². The van der Waals surface area contributed by atoms with Crippen molar-refractivity contribution in [2.75, 3.05) is 32.1 Å². The topological polar surface area (TPSA) is 58.6 Å². The minimum absolute atomic E-state index is 0.0173. The van der Waals surface area contributed by atoms with Crippen LogP contribution in [0, 0.1) is 0 Å². The molecule has 2 heterocycles. The molecule has 0 aliphatic carbocycles. The van der Waals surface area contributed by atoms with Crippen molar-refractivity contribution in [3.8, 4) is 5.88 Å². The number of rotatable bonds is 7. The van der Waals surface area contributed by atoms with Gasteiger partial charge in [-0.1, -0.05) is 30.3 Å². The SMILES string of the molecule is CN(C)c1ccc(OC2CCCN(C(=O)CCCc3ccccc3)C2)nn1. The number of ether oxygens (including phenoxy) is 1. The van der Waals surface area contributed by atoms with Crippen molar-refractivity contribution in [2.45, 2.75) is 38.2 Å². The van der Waals surface area contributed by atoms with Crippen LogP contribution in [0.3, 0.4) is 0 Å². The van der Waals surface area contributed by atoms with Gasteiger partial charge < -0.3 is 14.5 Å². The molecule has 1 atom stereocenters. The molecule has 1 amide bonds. The average molecular weight is 368 g/mol. The van der Waals surface area contributed by atoms with Crippen LogP contribution < -0.4 is 9.64 Å². The number of likely N-dealkylation sites (tertiary alicyclic amines) is 1. The lowest BCUT2D eigenvalue weighted by Gasteiger charge is -2.32. The lowest BCUT2D eigenvalue weighted by molar-refractivity contribution is -0.133. The van der Waals surface area contributed by atoms with E-state index in [1.54, 1.807) is 0 Å². The van der Waals surface area contributed by atoms with E-state index in [-0.39, 0.29) is 12.0 Å². The minimum Gasteiger partial charge on any atom is -0.471 e. The Morgan fingerprint density at radius 1 is 1.19 bits per heavy atom. The molecule has 27 heavy (non-hydrogen) atoms. The standard InChI is InChI=1S/C21H28N4O2/c1-24(2)19-13-14-20(23-22-19)27-18-11-7-15-25(16-18)21(26)12-6-10-17-8-4-3-5-9-17/h3-5,8-9,13-14,18H,6-7,10-12,15-16H2,1-2H3. The van der Waals surface area contributed by atoms with Gasteiger partial charge in [-0.2, -0.15) is 0 Å². The van der Waals surface area contributed by atoms with E-state index < -0.39 is 0 Å². The Hall–Kier alpha value is -2.63. The van der Waals surface area contributed by atoms with Gasteiger partial charge in [-0.15, -0.1) is 10.2 Å². The molecule has 0 spiro atoms. The van der Waals surface area contributed by atoms with Crippen molar-refractivity contribution in [1.82, 2.24) is 15.1 Å². The molecule has 6 nitrogen and oxygen atoms in total. The number of piperidine rings is 1. The number of anilines is 1. The van der Waals surface area contributed by atoms with E-state index in [0.717, 1.165) is 38.0 Å². The van der Waals surface area contributed by atoms with Crippen molar-refractivity contribution in [3.05, 3.63) is 48.0 Å². The molecule has 0 radical (unpaired) electrons. The molecule has 3 rings (SSSR count). The third-order valence-corrected chi connectivity index (χ3v) is 4.80. The van der Waals surface area contributed by atoms with Crippen molar-refractivity contribution < 1.29 is 9.53 Å². The number of carbonyl (C=O) groups is 1. The summed E-state index contributed by atoms with van der Waals surface area (Å²) in [5.41, 5.74) is 1.28. The molecule has 0 bridgehead atoms. The molecule has 1 aliphatic heterocycles. The number of hydrogen-bond donors (Lipinski definition) is 0. The number of aryl methyl sites for hydroxylation is 1. The van der Waals surface area contributed by atoms with Crippen LogP contribution in [-0.4, -0.2) is 54.3 Å². The molecule has 2 aromatic rings. The van der Waals surface area contributed by atoms with Crippen LogP contribution in [0.2, 0.25) is 0 Å². The zero-order valence-corrected chi connectivity index (χ0v) is 16.2. The normalized spacial score (nSPS) is 16.8. The van der Waals surface area contributed by atoms with Crippen LogP contribution in [0.15, 0.2) is 42.5 Å². The third-order valence-electron chi connectivity index (χ3n) is 4.80. The zero-order chi connectivity index (χ0) is 19.1. The third kappa shape index (κ3) is 5.67. The van der Waals surface area contributed by atoms with Crippen LogP contribution in [-0.2, 0) is 11.2 Å². The number of hydrogen-bond acceptors (Lipinski definition) is 5. The summed E-state index contributed by atoms with van der Waals surface area (Å²) in [6.45, 7) is 1.44. The van der Waals surface area contributed by atoms with Gasteiger partial charge in [0, 0.05) is 33.1 Å². The van der Waals surface area contributed by atoms with Gasteiger partial charge in [0.05, 0.1) is 6.54 Å². The summed E-state index contributed by atoms with van der Waals surface area (Å²) in [6.07, 6.45) is 4.27. The van der Waals surface area contributed by atoms with Crippen LogP contribution in [0.5, 0.6) is 5.88 Å². The van der Waals surface area contributed by atoms with Gasteiger partial charge >= 0.3 is 0 Å². The van der Waals surface area contributed by atoms with Gasteiger partial charge in [-0.3, -0.25) is 4.79 Å². The van der Waals surface area contributed by atoms with Crippen molar-refractivity contribution in [2.24, 2.45) is 0 Å². The Bertz CT molecular complexity index is 719. The van der Waals surface area contributed by atoms with E-state index in [1.807, 2.05) is 54.2 Å². The summed E-state index contributed by atoms with van der Waals surface area (Å²) in [4.78, 5) is 16.4. The van der Waals surface area contributed by atoms with E-state index in [4.69, 9.17) is 4.74 Å². The first kappa shape index (κ1) is 19.1. The second kappa shape index (κ2) is 9.35. The van der Waals surface area contributed by atoms with Crippen LogP contribution in [0.1, 0.15) is 31.2 Å². The quantitative estimate of drug-likeness (QED) is 0.752. The monoisotopic (exact) mass is 368 g/mol. The molecule has 1 fully saturated rings. The number of aromatic nitrogens is 2. The van der Waals surface area contributed by atoms with E-state index in [0.29, 0.717) is 18.8 Å². The highest BCUT2D eigenvalue weighted by atomic mass is 16.5. The van der Waals surface area contributed by atoms with Crippen LogP contribution in [0.25, 0.3) is 0 Å². The summed E-state index contributed by atoms with van der Waals surface area (Å²) < 4.78 is 5.96. The minimum atomic E-state index is -0.0173. The Balaban J connectivity index is 1.46. The van der Waals surface area contributed by atoms with E-state index in [1.165, 1.54) is 5.56 Å². The summed E-state index contributed by atoms with van der Waals surface area (Å²) in [5.74, 6) is 1.53. The molecule has 6 heteroatoms. The van der Waals surface area contributed by atoms with Gasteiger partial charge in [0.2, 0.25) is 11.8 Å². The molecule has 1 saturated heterocycles. The first-order valence-electron chi connectivity index (χ1n) is 9.61. The fraction of sp³-hybridized carbons (Fsp3) is 0.476. The number of benzene rings is 1. The maximum Gasteiger partial charge on any atom is 0.233 e. The van der Waals surface area contributed by atoms with Gasteiger partial charge in [0.15, 0.2) is 5.82 Å². The summed E-state index contributed by atoms with van der Waals surface area (Å²) in [6, 6.07) is 14.0. The van der Waals surface area contributed by atoms with Crippen LogP contribution in [0.4, 0.5) is 5.82 Å². The van der Waals surface area contributed by atoms with E-state index in [9.17, 15) is 4.79 Å². The molecule has 1 aromatic carbocycles. The lowest BCUT2D eigenvalue weighted by atomic mass is 10.1.